The Morgan fingerprint density at radius 2 is 2.04 bits per heavy atom. The first kappa shape index (κ1) is 19.7. The topological polar surface area (TPSA) is 96.3 Å². The average Bonchev–Trinajstić information content (AvgIpc) is 2.86. The first-order chi connectivity index (χ1) is 11.2. The minimum atomic E-state index is -0.410. The van der Waals surface area contributed by atoms with Gasteiger partial charge >= 0.3 is 0 Å². The summed E-state index contributed by atoms with van der Waals surface area (Å²) in [6, 6.07) is 1.55. The van der Waals surface area contributed by atoms with Crippen LogP contribution in [0.15, 0.2) is 10.9 Å². The Bertz CT molecular complexity index is 756. The number of nitrogens with two attached hydrogens (primary N) is 1. The fourth-order valence-electron chi connectivity index (χ4n) is 3.94. The van der Waals surface area contributed by atoms with Crippen molar-refractivity contribution >= 4 is 24.1 Å². The van der Waals surface area contributed by atoms with Crippen LogP contribution < -0.4 is 11.3 Å². The zero-order chi connectivity index (χ0) is 17.6. The summed E-state index contributed by atoms with van der Waals surface area (Å²) in [6.07, 6.45) is 1.90. The number of fused-ring (bicyclic) bond motifs is 1. The van der Waals surface area contributed by atoms with E-state index in [0.717, 1.165) is 6.42 Å². The number of Topliss-reactive ketones (excluding diaryl/α,β-unsaturated/α-hetero) is 1. The number of nitrogens with zero attached hydrogens (tertiary/aromatic N) is 1. The Kier molecular flexibility index (Phi) is 5.44. The smallest absolute Gasteiger partial charge is 0.261 e. The fraction of sp³-hybridized carbons (Fsp3) is 0.611. The number of pyridine rings is 1. The molecule has 6 nitrogen and oxygen atoms in total. The molecule has 0 radical (unpaired) electrons. The molecule has 2 aliphatic rings. The number of aromatic nitrogens is 1. The zero-order valence-electron chi connectivity index (χ0n) is 14.9. The highest BCUT2D eigenvalue weighted by Gasteiger charge is 2.36. The van der Waals surface area contributed by atoms with Crippen LogP contribution >= 0.6 is 12.4 Å². The molecule has 2 atom stereocenters. The molecular formula is C18H26ClN3O3. The van der Waals surface area contributed by atoms with Crippen LogP contribution in [0.5, 0.6) is 0 Å². The van der Waals surface area contributed by atoms with Crippen LogP contribution in [-0.4, -0.2) is 40.7 Å². The van der Waals surface area contributed by atoms with Gasteiger partial charge in [0, 0.05) is 30.3 Å². The van der Waals surface area contributed by atoms with Crippen LogP contribution in [0.25, 0.3) is 0 Å². The average molecular weight is 368 g/mol. The van der Waals surface area contributed by atoms with E-state index in [1.807, 2.05) is 20.8 Å². The Morgan fingerprint density at radius 3 is 2.64 bits per heavy atom. The molecule has 1 aliphatic heterocycles. The van der Waals surface area contributed by atoms with Crippen LogP contribution in [0, 0.1) is 11.3 Å². The lowest BCUT2D eigenvalue weighted by atomic mass is 9.75. The maximum atomic E-state index is 12.8. The van der Waals surface area contributed by atoms with E-state index in [0.29, 0.717) is 37.2 Å². The third-order valence-electron chi connectivity index (χ3n) is 5.20. The number of H-pyrrole nitrogens is 1. The lowest BCUT2D eigenvalue weighted by Crippen LogP contribution is -2.39. The van der Waals surface area contributed by atoms with E-state index in [1.165, 1.54) is 6.07 Å². The first-order valence-corrected chi connectivity index (χ1v) is 8.52. The maximum absolute atomic E-state index is 12.8. The monoisotopic (exact) mass is 367 g/mol. The third-order valence-corrected chi connectivity index (χ3v) is 5.20. The van der Waals surface area contributed by atoms with Gasteiger partial charge in [0.05, 0.1) is 0 Å². The molecule has 0 aromatic carbocycles. The van der Waals surface area contributed by atoms with Crippen molar-refractivity contribution in [3.63, 3.8) is 0 Å². The second-order valence-electron chi connectivity index (χ2n) is 7.99. The van der Waals surface area contributed by atoms with E-state index < -0.39 is 5.56 Å². The Morgan fingerprint density at radius 1 is 1.36 bits per heavy atom. The van der Waals surface area contributed by atoms with E-state index in [-0.39, 0.29) is 47.0 Å². The summed E-state index contributed by atoms with van der Waals surface area (Å²) < 4.78 is 0. The predicted octanol–water partition coefficient (Wildman–Crippen LogP) is 1.76. The summed E-state index contributed by atoms with van der Waals surface area (Å²) >= 11 is 0. The van der Waals surface area contributed by atoms with Crippen LogP contribution in [-0.2, 0) is 6.42 Å². The van der Waals surface area contributed by atoms with E-state index in [1.54, 1.807) is 4.90 Å². The predicted molar refractivity (Wildman–Crippen MR) is 98.4 cm³/mol. The highest BCUT2D eigenvalue weighted by Crippen LogP contribution is 2.33. The van der Waals surface area contributed by atoms with Crippen molar-refractivity contribution in [3.8, 4) is 0 Å². The molecule has 0 saturated carbocycles. The number of nitrogens with one attached hydrogen (secondary N) is 1. The molecule has 7 heteroatoms. The standard InChI is InChI=1S/C18H25N3O3.ClH/c1-10-4-11(8-19)9-21(10)17(24)13-5-12-14(20-16(13)23)6-18(2,3)7-15(12)22;/h5,10-11H,4,6-9,19H2,1-3H3,(H,20,23);1H. The van der Waals surface area contributed by atoms with Gasteiger partial charge in [0.1, 0.15) is 5.56 Å². The molecule has 1 amide bonds. The summed E-state index contributed by atoms with van der Waals surface area (Å²) in [5.41, 5.74) is 6.32. The van der Waals surface area contributed by atoms with Crippen molar-refractivity contribution in [1.82, 2.24) is 9.88 Å². The van der Waals surface area contributed by atoms with Gasteiger partial charge in [-0.05, 0) is 43.7 Å². The minimum Gasteiger partial charge on any atom is -0.335 e. The third kappa shape index (κ3) is 3.65. The molecule has 0 bridgehead atoms. The normalized spacial score (nSPS) is 24.6. The minimum absolute atomic E-state index is 0. The van der Waals surface area contributed by atoms with Crippen molar-refractivity contribution in [2.45, 2.75) is 46.1 Å². The Hall–Kier alpha value is -1.66. The highest BCUT2D eigenvalue weighted by atomic mass is 35.5. The second kappa shape index (κ2) is 6.92. The van der Waals surface area contributed by atoms with Crippen LogP contribution in [0.1, 0.15) is 60.0 Å². The number of rotatable bonds is 2. The quantitative estimate of drug-likeness (QED) is 0.832. The molecule has 3 N–H and O–H groups in total. The molecule has 1 saturated heterocycles. The van der Waals surface area contributed by atoms with E-state index in [9.17, 15) is 14.4 Å². The SMILES string of the molecule is CC1CC(CN)CN1C(=O)c1cc2c([nH]c1=O)CC(C)(C)CC2=O.Cl. The molecule has 1 aliphatic carbocycles. The number of amides is 1. The highest BCUT2D eigenvalue weighted by molar-refractivity contribution is 6.02. The molecule has 1 aromatic rings. The van der Waals surface area contributed by atoms with Crippen molar-refractivity contribution < 1.29 is 9.59 Å². The lowest BCUT2D eigenvalue weighted by molar-refractivity contribution is 0.0741. The Balaban J connectivity index is 0.00000225. The summed E-state index contributed by atoms with van der Waals surface area (Å²) in [5, 5.41) is 0. The van der Waals surface area contributed by atoms with Crippen LogP contribution in [0.3, 0.4) is 0 Å². The van der Waals surface area contributed by atoms with Gasteiger partial charge in [-0.15, -0.1) is 12.4 Å². The molecule has 1 aromatic heterocycles. The summed E-state index contributed by atoms with van der Waals surface area (Å²) in [6.45, 7) is 7.07. The van der Waals surface area contributed by atoms with Crippen LogP contribution in [0.4, 0.5) is 0 Å². The van der Waals surface area contributed by atoms with Crippen molar-refractivity contribution in [1.29, 1.82) is 0 Å². The number of likely N-dealkylation sites (tertiary alicyclic amines) is 1. The fourth-order valence-corrected chi connectivity index (χ4v) is 3.94. The van der Waals surface area contributed by atoms with Gasteiger partial charge in [-0.25, -0.2) is 0 Å². The number of hydrogen-bond acceptors (Lipinski definition) is 4. The van der Waals surface area contributed by atoms with Gasteiger partial charge in [-0.3, -0.25) is 14.4 Å². The number of hydrogen-bond donors (Lipinski definition) is 2. The van der Waals surface area contributed by atoms with E-state index >= 15 is 0 Å². The number of ketones is 1. The lowest BCUT2D eigenvalue weighted by Gasteiger charge is -2.30. The maximum Gasteiger partial charge on any atom is 0.261 e. The van der Waals surface area contributed by atoms with Crippen molar-refractivity contribution in [3.05, 3.63) is 33.2 Å². The van der Waals surface area contributed by atoms with Crippen LogP contribution in [0.2, 0.25) is 0 Å². The molecule has 2 unspecified atom stereocenters. The van der Waals surface area contributed by atoms with E-state index in [2.05, 4.69) is 4.98 Å². The van der Waals surface area contributed by atoms with Gasteiger partial charge in [0.2, 0.25) is 0 Å². The van der Waals surface area contributed by atoms with Gasteiger partial charge < -0.3 is 15.6 Å². The van der Waals surface area contributed by atoms with Gasteiger partial charge in [0.15, 0.2) is 5.78 Å². The van der Waals surface area contributed by atoms with Crippen molar-refractivity contribution in [2.24, 2.45) is 17.1 Å². The molecule has 138 valence electrons. The zero-order valence-corrected chi connectivity index (χ0v) is 15.7. The number of halogens is 1. The number of carbonyl (C=O) groups is 2. The summed E-state index contributed by atoms with van der Waals surface area (Å²) in [5.74, 6) is -0.0518. The molecule has 0 spiro atoms. The van der Waals surface area contributed by atoms with Gasteiger partial charge in [0.25, 0.3) is 11.5 Å². The van der Waals surface area contributed by atoms with Crippen molar-refractivity contribution in [2.75, 3.05) is 13.1 Å². The van der Waals surface area contributed by atoms with Gasteiger partial charge in [-0.2, -0.15) is 0 Å². The summed E-state index contributed by atoms with van der Waals surface area (Å²) in [4.78, 5) is 42.1. The molecule has 1 fully saturated rings. The molecular weight excluding hydrogens is 342 g/mol. The first-order valence-electron chi connectivity index (χ1n) is 8.52. The number of carbonyl (C=O) groups excluding carboxylic acids is 2. The number of aromatic amines is 1. The van der Waals surface area contributed by atoms with Gasteiger partial charge in [-0.1, -0.05) is 13.8 Å². The van der Waals surface area contributed by atoms with E-state index in [4.69, 9.17) is 5.73 Å². The molecule has 3 rings (SSSR count). The largest absolute Gasteiger partial charge is 0.335 e. The second-order valence-corrected chi connectivity index (χ2v) is 7.99. The summed E-state index contributed by atoms with van der Waals surface area (Å²) in [7, 11) is 0. The molecule has 25 heavy (non-hydrogen) atoms. The molecule has 2 heterocycles. The Labute approximate surface area is 153 Å².